The van der Waals surface area contributed by atoms with Crippen LogP contribution in [0.5, 0.6) is 11.5 Å². The van der Waals surface area contributed by atoms with Crippen molar-refractivity contribution >= 4 is 28.8 Å². The van der Waals surface area contributed by atoms with E-state index in [9.17, 15) is 9.59 Å². The number of fused-ring (bicyclic) bond motifs is 1. The first-order chi connectivity index (χ1) is 15.5. The largest absolute Gasteiger partial charge is 0.487 e. The fourth-order valence-corrected chi connectivity index (χ4v) is 3.30. The number of carbonyl (C=O) groups excluding carboxylic acids is 1. The van der Waals surface area contributed by atoms with Gasteiger partial charge in [0.1, 0.15) is 23.8 Å². The zero-order valence-electron chi connectivity index (χ0n) is 17.2. The number of benzene rings is 2. The number of para-hydroxylation sites is 1. The fourth-order valence-electron chi connectivity index (χ4n) is 3.11. The highest BCUT2D eigenvalue weighted by Crippen LogP contribution is 2.23. The summed E-state index contributed by atoms with van der Waals surface area (Å²) in [6, 6.07) is 19.0. The number of nitrogens with one attached hydrogen (secondary N) is 1. The van der Waals surface area contributed by atoms with E-state index in [2.05, 4.69) is 10.3 Å². The minimum absolute atomic E-state index is 0.118. The van der Waals surface area contributed by atoms with Crippen LogP contribution in [0.15, 0.2) is 77.7 Å². The number of carbonyl (C=O) groups is 1. The van der Waals surface area contributed by atoms with E-state index in [1.165, 1.54) is 10.5 Å². The number of hydrogen-bond acceptors (Lipinski definition) is 5. The van der Waals surface area contributed by atoms with Crippen LogP contribution >= 0.6 is 11.6 Å². The molecule has 4 rings (SSSR count). The maximum atomic E-state index is 12.3. The molecule has 0 aliphatic heterocycles. The third-order valence-corrected chi connectivity index (χ3v) is 4.95. The smallest absolute Gasteiger partial charge is 0.262 e. The predicted molar refractivity (Wildman–Crippen MR) is 123 cm³/mol. The molecular formula is C24H20ClN3O4. The molecule has 0 atom stereocenters. The molecule has 0 unspecified atom stereocenters. The van der Waals surface area contributed by atoms with E-state index in [4.69, 9.17) is 21.1 Å². The van der Waals surface area contributed by atoms with Crippen molar-refractivity contribution in [2.45, 2.75) is 13.5 Å². The summed E-state index contributed by atoms with van der Waals surface area (Å²) in [5, 5.41) is 3.19. The standard InChI is InChI=1S/C24H20ClN3O4/c1-16-6-5-11-28-23(30)13-18(27-24(16)28)14-31-19-8-4-7-17(12-19)26-22(29)15-32-21-10-3-2-9-20(21)25/h2-13H,14-15H2,1H3,(H,26,29). The number of hydrogen-bond donors (Lipinski definition) is 1. The van der Waals surface area contributed by atoms with Crippen molar-refractivity contribution in [3.8, 4) is 11.5 Å². The van der Waals surface area contributed by atoms with E-state index in [0.29, 0.717) is 33.6 Å². The number of amides is 1. The summed E-state index contributed by atoms with van der Waals surface area (Å²) in [7, 11) is 0. The van der Waals surface area contributed by atoms with Crippen LogP contribution in [0.1, 0.15) is 11.3 Å². The van der Waals surface area contributed by atoms with Gasteiger partial charge in [-0.1, -0.05) is 35.9 Å². The molecule has 0 bridgehead atoms. The molecule has 4 aromatic rings. The van der Waals surface area contributed by atoms with Gasteiger partial charge < -0.3 is 14.8 Å². The summed E-state index contributed by atoms with van der Waals surface area (Å²) in [6.45, 7) is 1.83. The highest BCUT2D eigenvalue weighted by Gasteiger charge is 2.08. The van der Waals surface area contributed by atoms with Gasteiger partial charge >= 0.3 is 0 Å². The van der Waals surface area contributed by atoms with Crippen molar-refractivity contribution in [3.63, 3.8) is 0 Å². The Labute approximate surface area is 189 Å². The second-order valence-electron chi connectivity index (χ2n) is 7.05. The first-order valence-corrected chi connectivity index (χ1v) is 10.3. The van der Waals surface area contributed by atoms with Crippen LogP contribution in [0, 0.1) is 6.92 Å². The first-order valence-electron chi connectivity index (χ1n) is 9.87. The van der Waals surface area contributed by atoms with Crippen molar-refractivity contribution in [1.82, 2.24) is 9.38 Å². The lowest BCUT2D eigenvalue weighted by Gasteiger charge is -2.11. The van der Waals surface area contributed by atoms with Gasteiger partial charge in [0, 0.05) is 24.0 Å². The van der Waals surface area contributed by atoms with E-state index in [1.54, 1.807) is 60.8 Å². The molecule has 0 saturated carbocycles. The zero-order chi connectivity index (χ0) is 22.5. The number of rotatable bonds is 7. The number of aromatic nitrogens is 2. The van der Waals surface area contributed by atoms with Crippen LogP contribution in [0.2, 0.25) is 5.02 Å². The van der Waals surface area contributed by atoms with Gasteiger partial charge in [0.05, 0.1) is 10.7 Å². The molecule has 1 N–H and O–H groups in total. The number of halogens is 1. The van der Waals surface area contributed by atoms with Crippen LogP contribution in [0.3, 0.4) is 0 Å². The molecule has 0 aliphatic carbocycles. The average molecular weight is 450 g/mol. The molecule has 2 aromatic carbocycles. The molecule has 0 aliphatic rings. The van der Waals surface area contributed by atoms with Crippen LogP contribution in [-0.2, 0) is 11.4 Å². The molecule has 1 amide bonds. The molecule has 2 aromatic heterocycles. The number of nitrogens with zero attached hydrogens (tertiary/aromatic N) is 2. The maximum absolute atomic E-state index is 12.3. The van der Waals surface area contributed by atoms with E-state index >= 15 is 0 Å². The predicted octanol–water partition coefficient (Wildman–Crippen LogP) is 4.25. The summed E-state index contributed by atoms with van der Waals surface area (Å²) in [4.78, 5) is 29.1. The molecule has 2 heterocycles. The van der Waals surface area contributed by atoms with Gasteiger partial charge in [0.25, 0.3) is 11.5 Å². The lowest BCUT2D eigenvalue weighted by Crippen LogP contribution is -2.20. The summed E-state index contributed by atoms with van der Waals surface area (Å²) in [5.41, 5.74) is 2.40. The van der Waals surface area contributed by atoms with Crippen molar-refractivity contribution in [2.75, 3.05) is 11.9 Å². The average Bonchev–Trinajstić information content (AvgIpc) is 2.78. The summed E-state index contributed by atoms with van der Waals surface area (Å²) in [6.07, 6.45) is 1.68. The van der Waals surface area contributed by atoms with Gasteiger partial charge in [-0.15, -0.1) is 0 Å². The van der Waals surface area contributed by atoms with Gasteiger partial charge in [-0.05, 0) is 42.8 Å². The van der Waals surface area contributed by atoms with Crippen molar-refractivity contribution in [2.24, 2.45) is 0 Å². The number of aryl methyl sites for hydroxylation is 1. The molecule has 0 fully saturated rings. The van der Waals surface area contributed by atoms with E-state index in [1.807, 2.05) is 13.0 Å². The Kier molecular flexibility index (Phi) is 6.37. The first kappa shape index (κ1) is 21.4. The summed E-state index contributed by atoms with van der Waals surface area (Å²) in [5.74, 6) is 0.638. The van der Waals surface area contributed by atoms with Crippen molar-refractivity contribution in [3.05, 3.63) is 99.6 Å². The van der Waals surface area contributed by atoms with Crippen LogP contribution in [-0.4, -0.2) is 21.9 Å². The second kappa shape index (κ2) is 9.53. The van der Waals surface area contributed by atoms with Gasteiger partial charge in [0.2, 0.25) is 0 Å². The molecule has 0 saturated heterocycles. The minimum atomic E-state index is -0.332. The molecule has 0 spiro atoms. The lowest BCUT2D eigenvalue weighted by molar-refractivity contribution is -0.118. The topological polar surface area (TPSA) is 81.9 Å². The van der Waals surface area contributed by atoms with Crippen molar-refractivity contribution < 1.29 is 14.3 Å². The van der Waals surface area contributed by atoms with E-state index in [0.717, 1.165) is 5.56 Å². The number of ether oxygens (including phenoxy) is 2. The Balaban J connectivity index is 1.38. The lowest BCUT2D eigenvalue weighted by atomic mass is 10.3. The highest BCUT2D eigenvalue weighted by atomic mass is 35.5. The zero-order valence-corrected chi connectivity index (χ0v) is 18.0. The van der Waals surface area contributed by atoms with Crippen LogP contribution in [0.25, 0.3) is 5.65 Å². The Morgan fingerprint density at radius 2 is 1.91 bits per heavy atom. The highest BCUT2D eigenvalue weighted by molar-refractivity contribution is 6.32. The third kappa shape index (κ3) is 5.07. The maximum Gasteiger partial charge on any atom is 0.262 e. The third-order valence-electron chi connectivity index (χ3n) is 4.64. The monoisotopic (exact) mass is 449 g/mol. The van der Waals surface area contributed by atoms with Gasteiger partial charge in [-0.2, -0.15) is 0 Å². The Morgan fingerprint density at radius 1 is 1.06 bits per heavy atom. The molecule has 0 radical (unpaired) electrons. The summed E-state index contributed by atoms with van der Waals surface area (Å²) >= 11 is 6.03. The minimum Gasteiger partial charge on any atom is -0.487 e. The fraction of sp³-hybridized carbons (Fsp3) is 0.125. The Hall–Kier alpha value is -3.84. The number of anilines is 1. The molecule has 7 nitrogen and oxygen atoms in total. The van der Waals surface area contributed by atoms with Crippen LogP contribution in [0.4, 0.5) is 5.69 Å². The Morgan fingerprint density at radius 3 is 2.75 bits per heavy atom. The molecule has 162 valence electrons. The quantitative estimate of drug-likeness (QED) is 0.456. The SMILES string of the molecule is Cc1cccn2c(=O)cc(COc3cccc(NC(=O)COc4ccccc4Cl)c3)nc12. The Bertz CT molecular complexity index is 1340. The van der Waals surface area contributed by atoms with E-state index in [-0.39, 0.29) is 24.7 Å². The van der Waals surface area contributed by atoms with E-state index < -0.39 is 0 Å². The number of pyridine rings is 1. The normalized spacial score (nSPS) is 10.7. The molecule has 32 heavy (non-hydrogen) atoms. The molecule has 8 heteroatoms. The van der Waals surface area contributed by atoms with Gasteiger partial charge in [-0.25, -0.2) is 4.98 Å². The van der Waals surface area contributed by atoms with Gasteiger partial charge in [-0.3, -0.25) is 14.0 Å². The van der Waals surface area contributed by atoms with Crippen molar-refractivity contribution in [1.29, 1.82) is 0 Å². The second-order valence-corrected chi connectivity index (χ2v) is 7.46. The summed E-state index contributed by atoms with van der Waals surface area (Å²) < 4.78 is 12.7. The van der Waals surface area contributed by atoms with Crippen LogP contribution < -0.4 is 20.3 Å². The van der Waals surface area contributed by atoms with Gasteiger partial charge in [0.15, 0.2) is 6.61 Å². The molecular weight excluding hydrogens is 430 g/mol.